The molecule has 0 aliphatic heterocycles. The zero-order valence-electron chi connectivity index (χ0n) is 33.0. The van der Waals surface area contributed by atoms with Gasteiger partial charge < -0.3 is 44.4 Å². The normalized spacial score (nSPS) is 12.0. The van der Waals surface area contributed by atoms with Gasteiger partial charge in [0, 0.05) is 19.4 Å². The monoisotopic (exact) mass is 789 g/mol. The fourth-order valence-electron chi connectivity index (χ4n) is 5.01. The lowest BCUT2D eigenvalue weighted by Gasteiger charge is -2.25. The Balaban J connectivity index is 1.59. The Morgan fingerprint density at radius 2 is 1.09 bits per heavy atom. The standard InChI is InChI=1S/C43H55N3O11/c1-32(54-28-33-14-8-5-9-15-33)36(20-22-39(48)55-29-34-16-10-6-11-17-34)46-41(50)37(21-23-40(49)56-30-35-18-12-7-13-19-35)45-38(47)31-53-27-26-52-25-24-44-42(51)57-43(2,3)4/h5-19,36-37H,1,20-31H2,2-4H3,(H,44,51)(H,45,47)(H,46,50). The molecule has 308 valence electrons. The molecule has 0 radical (unpaired) electrons. The first-order valence-corrected chi connectivity index (χ1v) is 18.8. The summed E-state index contributed by atoms with van der Waals surface area (Å²) in [4.78, 5) is 64.0. The summed E-state index contributed by atoms with van der Waals surface area (Å²) in [5.41, 5.74) is 1.88. The van der Waals surface area contributed by atoms with Gasteiger partial charge in [-0.1, -0.05) is 97.6 Å². The first-order chi connectivity index (χ1) is 27.4. The molecule has 3 amide bonds. The van der Waals surface area contributed by atoms with Gasteiger partial charge in [-0.25, -0.2) is 4.79 Å². The first kappa shape index (κ1) is 45.7. The molecule has 0 fully saturated rings. The van der Waals surface area contributed by atoms with Gasteiger partial charge in [-0.2, -0.15) is 0 Å². The van der Waals surface area contributed by atoms with Crippen molar-refractivity contribution in [2.24, 2.45) is 0 Å². The molecule has 0 bridgehead atoms. The van der Waals surface area contributed by atoms with Crippen LogP contribution in [-0.2, 0) is 67.4 Å². The highest BCUT2D eigenvalue weighted by atomic mass is 16.6. The van der Waals surface area contributed by atoms with E-state index < -0.39 is 54.1 Å². The molecule has 0 spiro atoms. The van der Waals surface area contributed by atoms with Crippen molar-refractivity contribution in [2.45, 2.75) is 84.0 Å². The van der Waals surface area contributed by atoms with E-state index in [9.17, 15) is 24.0 Å². The maximum absolute atomic E-state index is 13.8. The molecule has 0 aliphatic carbocycles. The fourth-order valence-corrected chi connectivity index (χ4v) is 5.01. The molecule has 0 saturated carbocycles. The van der Waals surface area contributed by atoms with Crippen LogP contribution in [0.2, 0.25) is 0 Å². The Hall–Kier alpha value is -5.73. The molecule has 3 N–H and O–H groups in total. The predicted molar refractivity (Wildman–Crippen MR) is 211 cm³/mol. The molecule has 2 atom stereocenters. The number of esters is 2. The Morgan fingerprint density at radius 1 is 0.614 bits per heavy atom. The highest BCUT2D eigenvalue weighted by Crippen LogP contribution is 2.15. The van der Waals surface area contributed by atoms with Crippen LogP contribution in [0.4, 0.5) is 4.79 Å². The van der Waals surface area contributed by atoms with Gasteiger partial charge in [0.05, 0.1) is 25.9 Å². The lowest BCUT2D eigenvalue weighted by atomic mass is 10.1. The average Bonchev–Trinajstić information content (AvgIpc) is 3.19. The van der Waals surface area contributed by atoms with E-state index in [0.717, 1.165) is 16.7 Å². The average molecular weight is 790 g/mol. The Labute approximate surface area is 334 Å². The lowest BCUT2D eigenvalue weighted by molar-refractivity contribution is -0.146. The number of hydrogen-bond acceptors (Lipinski definition) is 11. The summed E-state index contributed by atoms with van der Waals surface area (Å²) in [5.74, 6) is -2.10. The number of nitrogens with one attached hydrogen (secondary N) is 3. The number of ether oxygens (including phenoxy) is 6. The predicted octanol–water partition coefficient (Wildman–Crippen LogP) is 5.29. The lowest BCUT2D eigenvalue weighted by Crippen LogP contribution is -2.51. The van der Waals surface area contributed by atoms with E-state index in [0.29, 0.717) is 0 Å². The molecule has 0 heterocycles. The zero-order chi connectivity index (χ0) is 41.3. The molecule has 0 saturated heterocycles. The smallest absolute Gasteiger partial charge is 0.407 e. The molecule has 3 aromatic rings. The second-order valence-electron chi connectivity index (χ2n) is 13.9. The van der Waals surface area contributed by atoms with Crippen molar-refractivity contribution in [3.8, 4) is 0 Å². The van der Waals surface area contributed by atoms with Crippen molar-refractivity contribution in [3.63, 3.8) is 0 Å². The van der Waals surface area contributed by atoms with E-state index in [1.165, 1.54) is 0 Å². The second-order valence-corrected chi connectivity index (χ2v) is 13.9. The molecule has 0 aliphatic rings. The quantitative estimate of drug-likeness (QED) is 0.0440. The number of alkyl carbamates (subject to hydrolysis) is 1. The summed E-state index contributed by atoms with van der Waals surface area (Å²) in [6.07, 6.45) is -0.815. The number of benzene rings is 3. The van der Waals surface area contributed by atoms with Gasteiger partial charge in [0.15, 0.2) is 0 Å². The second kappa shape index (κ2) is 25.4. The largest absolute Gasteiger partial charge is 0.492 e. The van der Waals surface area contributed by atoms with Crippen LogP contribution in [-0.4, -0.2) is 80.5 Å². The fraction of sp³-hybridized carbons (Fsp3) is 0.419. The van der Waals surface area contributed by atoms with Crippen LogP contribution in [0.3, 0.4) is 0 Å². The molecule has 2 unspecified atom stereocenters. The highest BCUT2D eigenvalue weighted by molar-refractivity contribution is 5.88. The molecule has 14 nitrogen and oxygen atoms in total. The molecule has 3 aromatic carbocycles. The molecule has 0 aromatic heterocycles. The summed E-state index contributed by atoms with van der Waals surface area (Å²) in [5, 5.41) is 8.07. The summed E-state index contributed by atoms with van der Waals surface area (Å²) >= 11 is 0. The maximum atomic E-state index is 13.8. The van der Waals surface area contributed by atoms with Crippen molar-refractivity contribution in [2.75, 3.05) is 33.0 Å². The van der Waals surface area contributed by atoms with E-state index >= 15 is 0 Å². The third-order valence-corrected chi connectivity index (χ3v) is 7.90. The summed E-state index contributed by atoms with van der Waals surface area (Å²) in [6, 6.07) is 25.7. The van der Waals surface area contributed by atoms with Crippen LogP contribution < -0.4 is 16.0 Å². The number of amides is 3. The van der Waals surface area contributed by atoms with Crippen LogP contribution >= 0.6 is 0 Å². The topological polar surface area (TPSA) is 177 Å². The van der Waals surface area contributed by atoms with E-state index in [2.05, 4.69) is 22.5 Å². The van der Waals surface area contributed by atoms with Gasteiger partial charge in [0.25, 0.3) is 0 Å². The summed E-state index contributed by atoms with van der Waals surface area (Å²) in [7, 11) is 0. The van der Waals surface area contributed by atoms with Crippen molar-refractivity contribution in [1.82, 2.24) is 16.0 Å². The SMILES string of the molecule is C=C(OCc1ccccc1)C(CCC(=O)OCc1ccccc1)NC(=O)C(CCC(=O)OCc1ccccc1)NC(=O)COCCOCCNC(=O)OC(C)(C)C. The van der Waals surface area contributed by atoms with Crippen molar-refractivity contribution in [1.29, 1.82) is 0 Å². The molecule has 14 heteroatoms. The minimum absolute atomic E-state index is 0.0525. The van der Waals surface area contributed by atoms with E-state index in [1.807, 2.05) is 91.0 Å². The number of carbonyl (C=O) groups excluding carboxylic acids is 5. The third kappa shape index (κ3) is 20.7. The maximum Gasteiger partial charge on any atom is 0.407 e. The summed E-state index contributed by atoms with van der Waals surface area (Å²) in [6.45, 7) is 9.85. The van der Waals surface area contributed by atoms with E-state index in [4.69, 9.17) is 28.4 Å². The Bertz CT molecular complexity index is 1680. The van der Waals surface area contributed by atoms with Gasteiger partial charge in [-0.05, 0) is 50.3 Å². The van der Waals surface area contributed by atoms with Crippen LogP contribution in [0, 0.1) is 0 Å². The van der Waals surface area contributed by atoms with Gasteiger partial charge in [-0.3, -0.25) is 19.2 Å². The van der Waals surface area contributed by atoms with Crippen molar-refractivity contribution >= 4 is 29.8 Å². The molecular weight excluding hydrogens is 734 g/mol. The third-order valence-electron chi connectivity index (χ3n) is 7.90. The summed E-state index contributed by atoms with van der Waals surface area (Å²) < 4.78 is 32.8. The van der Waals surface area contributed by atoms with Gasteiger partial charge in [0.1, 0.15) is 43.8 Å². The van der Waals surface area contributed by atoms with Crippen LogP contribution in [0.15, 0.2) is 103 Å². The van der Waals surface area contributed by atoms with Crippen molar-refractivity contribution in [3.05, 3.63) is 120 Å². The molecule has 3 rings (SSSR count). The number of rotatable bonds is 25. The van der Waals surface area contributed by atoms with Gasteiger partial charge in [0.2, 0.25) is 11.8 Å². The van der Waals surface area contributed by atoms with E-state index in [-0.39, 0.29) is 77.6 Å². The molecular formula is C43H55N3O11. The van der Waals surface area contributed by atoms with Crippen LogP contribution in [0.5, 0.6) is 0 Å². The van der Waals surface area contributed by atoms with Gasteiger partial charge in [-0.15, -0.1) is 0 Å². The first-order valence-electron chi connectivity index (χ1n) is 18.8. The van der Waals surface area contributed by atoms with Gasteiger partial charge >= 0.3 is 18.0 Å². The molecule has 57 heavy (non-hydrogen) atoms. The Kier molecular flexibility index (Phi) is 20.4. The zero-order valence-corrected chi connectivity index (χ0v) is 33.0. The van der Waals surface area contributed by atoms with E-state index in [1.54, 1.807) is 20.8 Å². The highest BCUT2D eigenvalue weighted by Gasteiger charge is 2.27. The van der Waals surface area contributed by atoms with Crippen LogP contribution in [0.1, 0.15) is 63.1 Å². The number of hydrogen-bond donors (Lipinski definition) is 3. The minimum Gasteiger partial charge on any atom is -0.492 e. The number of carbonyl (C=O) groups is 5. The van der Waals surface area contributed by atoms with Crippen LogP contribution in [0.25, 0.3) is 0 Å². The minimum atomic E-state index is -1.19. The van der Waals surface area contributed by atoms with Crippen molar-refractivity contribution < 1.29 is 52.4 Å². The Morgan fingerprint density at radius 3 is 1.60 bits per heavy atom.